The molecule has 1 fully saturated rings. The van der Waals surface area contributed by atoms with Crippen LogP contribution in [0.5, 0.6) is 11.5 Å². The number of fused-ring (bicyclic) bond motifs is 1. The number of aromatic nitrogens is 3. The molecule has 0 radical (unpaired) electrons. The topological polar surface area (TPSA) is 83.9 Å². The molecule has 3 aromatic heterocycles. The second-order valence-corrected chi connectivity index (χ2v) is 9.88. The molecule has 7 nitrogen and oxygen atoms in total. The van der Waals surface area contributed by atoms with E-state index in [1.807, 2.05) is 40.0 Å². The van der Waals surface area contributed by atoms with Gasteiger partial charge in [-0.15, -0.1) is 0 Å². The zero-order chi connectivity index (χ0) is 23.3. The van der Waals surface area contributed by atoms with E-state index in [4.69, 9.17) is 24.9 Å². The van der Waals surface area contributed by atoms with Gasteiger partial charge in [0.1, 0.15) is 23.0 Å². The van der Waals surface area contributed by atoms with Crippen LogP contribution >= 0.6 is 31.9 Å². The predicted molar refractivity (Wildman–Crippen MR) is 134 cm³/mol. The summed E-state index contributed by atoms with van der Waals surface area (Å²) < 4.78 is 20.5. The molecule has 0 unspecified atom stereocenters. The lowest BCUT2D eigenvalue weighted by Crippen LogP contribution is -2.14. The van der Waals surface area contributed by atoms with Crippen molar-refractivity contribution in [2.24, 2.45) is 0 Å². The Kier molecular flexibility index (Phi) is 8.79. The molecule has 3 aromatic rings. The Morgan fingerprint density at radius 2 is 1.62 bits per heavy atom. The number of nitrogens with zero attached hydrogens (tertiary/aromatic N) is 3. The lowest BCUT2D eigenvalue weighted by atomic mass is 9.97. The summed E-state index contributed by atoms with van der Waals surface area (Å²) in [5, 5.41) is 0. The van der Waals surface area contributed by atoms with E-state index in [1.165, 1.54) is 0 Å². The Labute approximate surface area is 205 Å². The molecule has 0 saturated carbocycles. The number of rotatable bonds is 5. The minimum Gasteiger partial charge on any atom is -0.490 e. The third-order valence-corrected chi connectivity index (χ3v) is 5.92. The summed E-state index contributed by atoms with van der Waals surface area (Å²) in [5.41, 5.74) is 7.58. The van der Waals surface area contributed by atoms with Crippen LogP contribution in [0, 0.1) is 0 Å². The van der Waals surface area contributed by atoms with Gasteiger partial charge in [-0.3, -0.25) is 0 Å². The Balaban J connectivity index is 0.000000207. The van der Waals surface area contributed by atoms with Gasteiger partial charge in [-0.25, -0.2) is 9.97 Å². The Morgan fingerprint density at radius 1 is 1.00 bits per heavy atom. The maximum Gasteiger partial charge on any atom is 0.140 e. The van der Waals surface area contributed by atoms with Crippen LogP contribution in [0.15, 0.2) is 39.7 Å². The highest BCUT2D eigenvalue weighted by Gasteiger charge is 2.19. The molecule has 1 aliphatic heterocycles. The van der Waals surface area contributed by atoms with Crippen LogP contribution in [0.25, 0.3) is 5.65 Å². The second kappa shape index (κ2) is 11.3. The van der Waals surface area contributed by atoms with Crippen molar-refractivity contribution >= 4 is 43.3 Å². The summed E-state index contributed by atoms with van der Waals surface area (Å²) in [4.78, 5) is 8.65. The molecule has 174 valence electrons. The van der Waals surface area contributed by atoms with Gasteiger partial charge in [-0.05, 0) is 72.4 Å². The standard InChI is InChI=1S/C15H19BrN2O2.C8H11BrN2O/c1-10(2)20-14-7-15-17-13(9-18(15)8-12(14)16)11-3-5-19-6-4-11;1-5(2)12-7-3-8(10)11-4-6(7)9/h7-11H,3-6H2,1-2H3;3-5H,1-2H3,(H2,10,11). The second-order valence-electron chi connectivity index (χ2n) is 8.18. The minimum atomic E-state index is 0.142. The predicted octanol–water partition coefficient (Wildman–Crippen LogP) is 5.99. The number of pyridine rings is 2. The van der Waals surface area contributed by atoms with E-state index in [-0.39, 0.29) is 12.2 Å². The molecular weight excluding hydrogens is 540 g/mol. The van der Waals surface area contributed by atoms with Gasteiger partial charge in [-0.1, -0.05) is 0 Å². The van der Waals surface area contributed by atoms with Gasteiger partial charge in [0.05, 0.1) is 26.8 Å². The van der Waals surface area contributed by atoms with Gasteiger partial charge in [0.15, 0.2) is 0 Å². The minimum absolute atomic E-state index is 0.142. The van der Waals surface area contributed by atoms with Crippen LogP contribution in [-0.4, -0.2) is 39.8 Å². The van der Waals surface area contributed by atoms with Crippen molar-refractivity contribution in [3.63, 3.8) is 0 Å². The third-order valence-electron chi connectivity index (χ3n) is 4.73. The molecule has 2 N–H and O–H groups in total. The number of ether oxygens (including phenoxy) is 3. The lowest BCUT2D eigenvalue weighted by molar-refractivity contribution is 0.0846. The molecule has 0 aromatic carbocycles. The number of imidazole rings is 1. The molecular formula is C23H30Br2N4O3. The highest BCUT2D eigenvalue weighted by Crippen LogP contribution is 2.31. The van der Waals surface area contributed by atoms with E-state index in [0.717, 1.165) is 57.8 Å². The number of halogens is 2. The van der Waals surface area contributed by atoms with Crippen LogP contribution in [0.2, 0.25) is 0 Å². The van der Waals surface area contributed by atoms with E-state index >= 15 is 0 Å². The van der Waals surface area contributed by atoms with E-state index in [9.17, 15) is 0 Å². The van der Waals surface area contributed by atoms with Crippen LogP contribution < -0.4 is 15.2 Å². The Bertz CT molecular complexity index is 1030. The molecule has 0 atom stereocenters. The third kappa shape index (κ3) is 6.83. The Morgan fingerprint density at radius 3 is 2.25 bits per heavy atom. The highest BCUT2D eigenvalue weighted by molar-refractivity contribution is 9.10. The maximum atomic E-state index is 5.79. The molecule has 0 spiro atoms. The summed E-state index contributed by atoms with van der Waals surface area (Å²) >= 11 is 6.87. The fraction of sp³-hybridized carbons (Fsp3) is 0.478. The van der Waals surface area contributed by atoms with Gasteiger partial charge in [0, 0.05) is 49.9 Å². The van der Waals surface area contributed by atoms with Crippen LogP contribution in [-0.2, 0) is 4.74 Å². The average Bonchev–Trinajstić information content (AvgIpc) is 3.14. The van der Waals surface area contributed by atoms with Crippen molar-refractivity contribution in [1.82, 2.24) is 14.4 Å². The van der Waals surface area contributed by atoms with Gasteiger partial charge >= 0.3 is 0 Å². The molecule has 9 heteroatoms. The van der Waals surface area contributed by atoms with Gasteiger partial charge in [0.25, 0.3) is 0 Å². The summed E-state index contributed by atoms with van der Waals surface area (Å²) in [5.74, 6) is 2.56. The number of nitrogens with two attached hydrogens (primary N) is 1. The van der Waals surface area contributed by atoms with Crippen LogP contribution in [0.3, 0.4) is 0 Å². The number of hydrogen-bond donors (Lipinski definition) is 1. The van der Waals surface area contributed by atoms with Crippen molar-refractivity contribution < 1.29 is 14.2 Å². The molecule has 0 aliphatic carbocycles. The lowest BCUT2D eigenvalue weighted by Gasteiger charge is -2.19. The fourth-order valence-corrected chi connectivity index (χ4v) is 4.06. The van der Waals surface area contributed by atoms with Crippen LogP contribution in [0.1, 0.15) is 52.1 Å². The quantitative estimate of drug-likeness (QED) is 0.406. The zero-order valence-electron chi connectivity index (χ0n) is 18.8. The molecule has 4 rings (SSSR count). The maximum absolute atomic E-state index is 5.79. The van der Waals surface area contributed by atoms with Crippen molar-refractivity contribution in [2.75, 3.05) is 18.9 Å². The first kappa shape index (κ1) is 24.8. The SMILES string of the molecule is CC(C)Oc1cc(N)ncc1Br.CC(C)Oc1cc2nc(C3CCOCC3)cn2cc1Br. The van der Waals surface area contributed by atoms with Crippen molar-refractivity contribution in [3.05, 3.63) is 45.4 Å². The smallest absolute Gasteiger partial charge is 0.140 e. The summed E-state index contributed by atoms with van der Waals surface area (Å²) in [6.07, 6.45) is 8.17. The van der Waals surface area contributed by atoms with Gasteiger partial charge in [-0.2, -0.15) is 0 Å². The number of nitrogen functional groups attached to an aromatic ring is 1. The first-order valence-electron chi connectivity index (χ1n) is 10.7. The first-order valence-corrected chi connectivity index (χ1v) is 12.3. The van der Waals surface area contributed by atoms with E-state index in [1.54, 1.807) is 12.3 Å². The van der Waals surface area contributed by atoms with Crippen molar-refractivity contribution in [3.8, 4) is 11.5 Å². The largest absolute Gasteiger partial charge is 0.490 e. The summed E-state index contributed by atoms with van der Waals surface area (Å²) in [7, 11) is 0. The average molecular weight is 570 g/mol. The molecule has 4 heterocycles. The molecule has 1 saturated heterocycles. The fourth-order valence-electron chi connectivity index (χ4n) is 3.32. The van der Waals surface area contributed by atoms with E-state index in [2.05, 4.69) is 47.4 Å². The zero-order valence-corrected chi connectivity index (χ0v) is 22.0. The Hall–Kier alpha value is -1.84. The van der Waals surface area contributed by atoms with E-state index < -0.39 is 0 Å². The molecule has 0 amide bonds. The molecule has 0 bridgehead atoms. The van der Waals surface area contributed by atoms with Crippen molar-refractivity contribution in [2.45, 2.75) is 58.7 Å². The molecule has 32 heavy (non-hydrogen) atoms. The van der Waals surface area contributed by atoms with Crippen LogP contribution in [0.4, 0.5) is 5.82 Å². The van der Waals surface area contributed by atoms with Crippen molar-refractivity contribution in [1.29, 1.82) is 0 Å². The number of anilines is 1. The molecule has 1 aliphatic rings. The van der Waals surface area contributed by atoms with Gasteiger partial charge in [0.2, 0.25) is 0 Å². The summed E-state index contributed by atoms with van der Waals surface area (Å²) in [6.45, 7) is 9.64. The number of hydrogen-bond acceptors (Lipinski definition) is 6. The normalized spacial score (nSPS) is 14.5. The van der Waals surface area contributed by atoms with Gasteiger partial charge < -0.3 is 24.3 Å². The summed E-state index contributed by atoms with van der Waals surface area (Å²) in [6, 6.07) is 3.69. The first-order chi connectivity index (χ1) is 15.2. The van der Waals surface area contributed by atoms with E-state index in [0.29, 0.717) is 11.7 Å². The monoisotopic (exact) mass is 568 g/mol. The highest BCUT2D eigenvalue weighted by atomic mass is 79.9.